The molecular formula is C5H3N2NaO4. The molecule has 1 rings (SSSR count). The van der Waals surface area contributed by atoms with Gasteiger partial charge >= 0.3 is 29.6 Å². The molecule has 0 saturated heterocycles. The number of carbonyl (C=O) groups excluding carboxylic acids is 1. The van der Waals surface area contributed by atoms with E-state index in [1.165, 1.54) is 0 Å². The van der Waals surface area contributed by atoms with E-state index < -0.39 is 23.2 Å². The van der Waals surface area contributed by atoms with Crippen LogP contribution in [0.2, 0.25) is 0 Å². The number of H-pyrrole nitrogens is 1. The van der Waals surface area contributed by atoms with E-state index in [2.05, 4.69) is 4.98 Å². The quantitative estimate of drug-likeness (QED) is 0.418. The van der Waals surface area contributed by atoms with Crippen molar-refractivity contribution in [3.05, 3.63) is 22.2 Å². The number of nitrogens with zero attached hydrogens (tertiary/aromatic N) is 1. The third kappa shape index (κ3) is 2.65. The number of hydrogen-bond donors (Lipinski definition) is 2. The van der Waals surface area contributed by atoms with E-state index in [4.69, 9.17) is 5.11 Å². The van der Waals surface area contributed by atoms with Crippen molar-refractivity contribution in [3.63, 3.8) is 0 Å². The van der Waals surface area contributed by atoms with Gasteiger partial charge in [0.2, 0.25) is 5.88 Å². The summed E-state index contributed by atoms with van der Waals surface area (Å²) in [6.45, 7) is 0. The van der Waals surface area contributed by atoms with Gasteiger partial charge in [-0.15, -0.1) is 0 Å². The molecule has 1 aromatic heterocycles. The van der Waals surface area contributed by atoms with Crippen molar-refractivity contribution < 1.29 is 44.6 Å². The predicted octanol–water partition coefficient (Wildman–Crippen LogP) is -5.16. The molecule has 0 aliphatic heterocycles. The van der Waals surface area contributed by atoms with Crippen LogP contribution in [0, 0.1) is 0 Å². The molecule has 0 atom stereocenters. The van der Waals surface area contributed by atoms with Gasteiger partial charge in [0.25, 0.3) is 5.56 Å². The van der Waals surface area contributed by atoms with E-state index in [0.29, 0.717) is 0 Å². The topological polar surface area (TPSA) is 106 Å². The fourth-order valence-corrected chi connectivity index (χ4v) is 0.541. The van der Waals surface area contributed by atoms with Crippen LogP contribution in [0.3, 0.4) is 0 Å². The Morgan fingerprint density at radius 3 is 2.67 bits per heavy atom. The van der Waals surface area contributed by atoms with Gasteiger partial charge in [0.1, 0.15) is 5.97 Å². The number of aromatic carboxylic acids is 1. The van der Waals surface area contributed by atoms with Gasteiger partial charge in [-0.1, -0.05) is 0 Å². The second kappa shape index (κ2) is 4.24. The van der Waals surface area contributed by atoms with Crippen molar-refractivity contribution in [2.24, 2.45) is 0 Å². The fourth-order valence-electron chi connectivity index (χ4n) is 0.541. The average molecular weight is 178 g/mol. The molecule has 2 N–H and O–H groups in total. The molecule has 0 fully saturated rings. The predicted molar refractivity (Wildman–Crippen MR) is 30.9 cm³/mol. The SMILES string of the molecule is O=C([O-])c1nc(O)cc(=O)[nH]1.[Na+]. The molecule has 58 valence electrons. The summed E-state index contributed by atoms with van der Waals surface area (Å²) in [5.41, 5.74) is -0.739. The monoisotopic (exact) mass is 178 g/mol. The maximum atomic E-state index is 10.5. The van der Waals surface area contributed by atoms with Gasteiger partial charge in [0.05, 0.1) is 6.07 Å². The van der Waals surface area contributed by atoms with E-state index in [9.17, 15) is 14.7 Å². The Morgan fingerprint density at radius 1 is 1.67 bits per heavy atom. The number of carbonyl (C=O) groups is 1. The van der Waals surface area contributed by atoms with Gasteiger partial charge in [0, 0.05) is 0 Å². The molecule has 0 aliphatic carbocycles. The second-order valence-electron chi connectivity index (χ2n) is 1.74. The summed E-state index contributed by atoms with van der Waals surface area (Å²) in [5, 5.41) is 18.7. The zero-order chi connectivity index (χ0) is 8.43. The Kier molecular flexibility index (Phi) is 3.94. The number of carboxylic acid groups (broad SMARTS) is 1. The molecule has 1 aromatic rings. The van der Waals surface area contributed by atoms with Crippen LogP contribution >= 0.6 is 0 Å². The van der Waals surface area contributed by atoms with E-state index >= 15 is 0 Å². The fraction of sp³-hybridized carbons (Fsp3) is 0. The van der Waals surface area contributed by atoms with Gasteiger partial charge in [-0.2, -0.15) is 4.98 Å². The van der Waals surface area contributed by atoms with E-state index in [-0.39, 0.29) is 29.6 Å². The number of aromatic nitrogens is 2. The molecular weight excluding hydrogens is 175 g/mol. The van der Waals surface area contributed by atoms with E-state index in [1.54, 1.807) is 0 Å². The van der Waals surface area contributed by atoms with Crippen LogP contribution in [0.25, 0.3) is 0 Å². The third-order valence-corrected chi connectivity index (χ3v) is 0.921. The molecule has 0 saturated carbocycles. The standard InChI is InChI=1S/C5H4N2O4.Na/c8-2-1-3(9)7-4(6-2)5(10)11;/h1H,(H,10,11)(H2,6,7,8,9);/q;+1/p-1. The summed E-state index contributed by atoms with van der Waals surface area (Å²) < 4.78 is 0. The smallest absolute Gasteiger partial charge is 0.542 e. The van der Waals surface area contributed by atoms with Crippen LogP contribution in [-0.4, -0.2) is 21.0 Å². The zero-order valence-electron chi connectivity index (χ0n) is 6.20. The maximum absolute atomic E-state index is 10.5. The number of rotatable bonds is 1. The average Bonchev–Trinajstić information content (AvgIpc) is 1.85. The Balaban J connectivity index is 0.00000121. The summed E-state index contributed by atoms with van der Waals surface area (Å²) in [6, 6.07) is 0.756. The van der Waals surface area contributed by atoms with E-state index in [1.807, 2.05) is 4.98 Å². The minimum absolute atomic E-state index is 0. The van der Waals surface area contributed by atoms with Crippen LogP contribution in [0.5, 0.6) is 5.88 Å². The van der Waals surface area contributed by atoms with Gasteiger partial charge in [-0.25, -0.2) is 0 Å². The molecule has 1 heterocycles. The normalized spacial score (nSPS) is 8.67. The van der Waals surface area contributed by atoms with Crippen molar-refractivity contribution in [2.45, 2.75) is 0 Å². The van der Waals surface area contributed by atoms with Crippen LogP contribution in [-0.2, 0) is 0 Å². The number of nitrogens with one attached hydrogen (secondary N) is 1. The number of aromatic amines is 1. The van der Waals surface area contributed by atoms with Gasteiger partial charge in [-0.05, 0) is 0 Å². The van der Waals surface area contributed by atoms with Gasteiger partial charge in [-0.3, -0.25) is 4.79 Å². The first-order valence-electron chi connectivity index (χ1n) is 2.61. The number of carboxylic acids is 1. The zero-order valence-corrected chi connectivity index (χ0v) is 8.20. The maximum Gasteiger partial charge on any atom is 1.00 e. The molecule has 0 bridgehead atoms. The minimum Gasteiger partial charge on any atom is -0.542 e. The summed E-state index contributed by atoms with van der Waals surface area (Å²) >= 11 is 0. The minimum atomic E-state index is -1.64. The molecule has 0 amide bonds. The van der Waals surface area contributed by atoms with Crippen molar-refractivity contribution in [2.75, 3.05) is 0 Å². The van der Waals surface area contributed by atoms with Crippen molar-refractivity contribution in [1.29, 1.82) is 0 Å². The first-order chi connectivity index (χ1) is 5.09. The first-order valence-corrected chi connectivity index (χ1v) is 2.61. The Morgan fingerprint density at radius 2 is 2.25 bits per heavy atom. The summed E-state index contributed by atoms with van der Waals surface area (Å²) in [6.07, 6.45) is 0. The number of aromatic hydroxyl groups is 1. The third-order valence-electron chi connectivity index (χ3n) is 0.921. The second-order valence-corrected chi connectivity index (χ2v) is 1.74. The van der Waals surface area contributed by atoms with Crippen LogP contribution in [0.15, 0.2) is 10.9 Å². The number of hydrogen-bond acceptors (Lipinski definition) is 5. The molecule has 6 nitrogen and oxygen atoms in total. The molecule has 0 aliphatic rings. The van der Waals surface area contributed by atoms with Crippen LogP contribution < -0.4 is 40.2 Å². The molecule has 0 unspecified atom stereocenters. The molecule has 12 heavy (non-hydrogen) atoms. The Bertz CT molecular complexity index is 348. The summed E-state index contributed by atoms with van der Waals surface area (Å²) in [5.74, 6) is -2.97. The first kappa shape index (κ1) is 11.2. The summed E-state index contributed by atoms with van der Waals surface area (Å²) in [4.78, 5) is 25.4. The van der Waals surface area contributed by atoms with Crippen molar-refractivity contribution >= 4 is 5.97 Å². The molecule has 0 radical (unpaired) electrons. The molecule has 7 heteroatoms. The van der Waals surface area contributed by atoms with Crippen LogP contribution in [0.1, 0.15) is 10.6 Å². The Hall–Kier alpha value is -0.850. The molecule has 0 spiro atoms. The molecule has 0 aromatic carbocycles. The summed E-state index contributed by atoms with van der Waals surface area (Å²) in [7, 11) is 0. The largest absolute Gasteiger partial charge is 1.00 e. The van der Waals surface area contributed by atoms with E-state index in [0.717, 1.165) is 6.07 Å². The van der Waals surface area contributed by atoms with Crippen molar-refractivity contribution in [1.82, 2.24) is 9.97 Å². The van der Waals surface area contributed by atoms with Gasteiger partial charge < -0.3 is 20.0 Å². The Labute approximate surface area is 88.6 Å². The van der Waals surface area contributed by atoms with Crippen LogP contribution in [0.4, 0.5) is 0 Å². The van der Waals surface area contributed by atoms with Crippen molar-refractivity contribution in [3.8, 4) is 5.88 Å². The van der Waals surface area contributed by atoms with Gasteiger partial charge in [0.15, 0.2) is 5.82 Å².